The second-order valence-corrected chi connectivity index (χ2v) is 5.88. The summed E-state index contributed by atoms with van der Waals surface area (Å²) in [7, 11) is 0. The Labute approximate surface area is 118 Å². The van der Waals surface area contributed by atoms with E-state index in [0.29, 0.717) is 25.6 Å². The van der Waals surface area contributed by atoms with Crippen LogP contribution in [0.15, 0.2) is 0 Å². The third-order valence-corrected chi connectivity index (χ3v) is 4.72. The summed E-state index contributed by atoms with van der Waals surface area (Å²) in [6, 6.07) is -0.621. The normalized spacial score (nSPS) is 37.5. The lowest BCUT2D eigenvalue weighted by molar-refractivity contribution is -0.166. The number of ether oxygens (including phenoxy) is 2. The summed E-state index contributed by atoms with van der Waals surface area (Å²) >= 11 is 0. The van der Waals surface area contributed by atoms with Gasteiger partial charge in [0.05, 0.1) is 19.8 Å². The van der Waals surface area contributed by atoms with Crippen molar-refractivity contribution >= 4 is 11.9 Å². The van der Waals surface area contributed by atoms with Crippen molar-refractivity contribution in [3.8, 4) is 0 Å². The summed E-state index contributed by atoms with van der Waals surface area (Å²) in [6.45, 7) is 1.13. The maximum atomic E-state index is 12.6. The molecule has 1 aliphatic carbocycles. The molecular weight excluding hydrogens is 262 g/mol. The van der Waals surface area contributed by atoms with Crippen molar-refractivity contribution in [3.05, 3.63) is 0 Å². The van der Waals surface area contributed by atoms with Gasteiger partial charge < -0.3 is 19.5 Å². The minimum atomic E-state index is -0.899. The second kappa shape index (κ2) is 5.69. The Balaban J connectivity index is 1.79. The lowest BCUT2D eigenvalue weighted by atomic mass is 9.84. The van der Waals surface area contributed by atoms with Crippen LogP contribution in [-0.2, 0) is 19.1 Å². The molecule has 1 saturated carbocycles. The minimum Gasteiger partial charge on any atom is -0.480 e. The largest absolute Gasteiger partial charge is 0.480 e. The first-order chi connectivity index (χ1) is 9.68. The van der Waals surface area contributed by atoms with Crippen LogP contribution in [-0.4, -0.2) is 59.9 Å². The average Bonchev–Trinajstić information content (AvgIpc) is 2.87. The first kappa shape index (κ1) is 13.8. The molecule has 0 bridgehead atoms. The molecule has 1 amide bonds. The molecule has 0 aromatic heterocycles. The summed E-state index contributed by atoms with van der Waals surface area (Å²) in [5.41, 5.74) is 0. The van der Waals surface area contributed by atoms with E-state index in [9.17, 15) is 14.7 Å². The lowest BCUT2D eigenvalue weighted by Gasteiger charge is -2.35. The van der Waals surface area contributed by atoms with E-state index >= 15 is 0 Å². The van der Waals surface area contributed by atoms with Crippen molar-refractivity contribution < 1.29 is 24.2 Å². The van der Waals surface area contributed by atoms with Gasteiger partial charge in [-0.05, 0) is 25.2 Å². The van der Waals surface area contributed by atoms with E-state index in [1.807, 2.05) is 0 Å². The maximum Gasteiger partial charge on any atom is 0.326 e. The zero-order chi connectivity index (χ0) is 14.1. The predicted octanol–water partition coefficient (Wildman–Crippen LogP) is 0.646. The van der Waals surface area contributed by atoms with Gasteiger partial charge in [0.2, 0.25) is 0 Å². The summed E-state index contributed by atoms with van der Waals surface area (Å²) in [6.07, 6.45) is 4.09. The van der Waals surface area contributed by atoms with Crippen molar-refractivity contribution in [2.45, 2.75) is 50.3 Å². The molecule has 0 aromatic rings. The average molecular weight is 283 g/mol. The van der Waals surface area contributed by atoms with Gasteiger partial charge in [0.15, 0.2) is 6.10 Å². The first-order valence-corrected chi connectivity index (χ1v) is 7.43. The van der Waals surface area contributed by atoms with E-state index in [1.165, 1.54) is 0 Å². The Morgan fingerprint density at radius 1 is 1.15 bits per heavy atom. The number of likely N-dealkylation sites (tertiary alicyclic amines) is 1. The Morgan fingerprint density at radius 2 is 1.95 bits per heavy atom. The van der Waals surface area contributed by atoms with Gasteiger partial charge in [0, 0.05) is 6.04 Å². The van der Waals surface area contributed by atoms with Crippen LogP contribution < -0.4 is 0 Å². The molecule has 0 aromatic carbocycles. The van der Waals surface area contributed by atoms with E-state index in [2.05, 4.69) is 0 Å². The van der Waals surface area contributed by atoms with Crippen LogP contribution in [0.25, 0.3) is 0 Å². The number of rotatable bonds is 2. The van der Waals surface area contributed by atoms with Crippen LogP contribution in [0.3, 0.4) is 0 Å². The van der Waals surface area contributed by atoms with Crippen molar-refractivity contribution in [2.24, 2.45) is 5.92 Å². The molecular formula is C14H21NO5. The van der Waals surface area contributed by atoms with Gasteiger partial charge in [0.1, 0.15) is 6.04 Å². The van der Waals surface area contributed by atoms with E-state index < -0.39 is 18.1 Å². The van der Waals surface area contributed by atoms with E-state index in [1.54, 1.807) is 4.90 Å². The van der Waals surface area contributed by atoms with Gasteiger partial charge >= 0.3 is 5.97 Å². The summed E-state index contributed by atoms with van der Waals surface area (Å²) < 4.78 is 10.7. The smallest absolute Gasteiger partial charge is 0.326 e. The Bertz CT molecular complexity index is 393. The fraction of sp³-hybridized carbons (Fsp3) is 0.857. The number of carboxylic acids is 1. The first-order valence-electron chi connectivity index (χ1n) is 7.43. The van der Waals surface area contributed by atoms with Gasteiger partial charge in [-0.25, -0.2) is 4.79 Å². The number of hydrogen-bond acceptors (Lipinski definition) is 4. The van der Waals surface area contributed by atoms with Crippen molar-refractivity contribution in [3.63, 3.8) is 0 Å². The number of hydrogen-bond donors (Lipinski definition) is 1. The number of carbonyl (C=O) groups excluding carboxylic acids is 1. The van der Waals surface area contributed by atoms with Crippen LogP contribution in [0.2, 0.25) is 0 Å². The van der Waals surface area contributed by atoms with E-state index in [0.717, 1.165) is 25.7 Å². The molecule has 6 nitrogen and oxygen atoms in total. The molecule has 2 aliphatic heterocycles. The van der Waals surface area contributed by atoms with Crippen LogP contribution in [0, 0.1) is 5.92 Å². The zero-order valence-electron chi connectivity index (χ0n) is 11.5. The van der Waals surface area contributed by atoms with Crippen molar-refractivity contribution in [1.82, 2.24) is 4.90 Å². The fourth-order valence-corrected chi connectivity index (χ4v) is 3.79. The number of carbonyl (C=O) groups is 2. The molecule has 1 N–H and O–H groups in total. The van der Waals surface area contributed by atoms with Gasteiger partial charge in [-0.1, -0.05) is 12.8 Å². The van der Waals surface area contributed by atoms with E-state index in [-0.39, 0.29) is 18.6 Å². The molecule has 3 fully saturated rings. The summed E-state index contributed by atoms with van der Waals surface area (Å²) in [5.74, 6) is -0.769. The molecule has 0 unspecified atom stereocenters. The molecule has 3 aliphatic rings. The number of carboxylic acid groups (broad SMARTS) is 1. The topological polar surface area (TPSA) is 76.1 Å². The van der Waals surface area contributed by atoms with Crippen LogP contribution >= 0.6 is 0 Å². The van der Waals surface area contributed by atoms with Crippen molar-refractivity contribution in [2.75, 3.05) is 19.8 Å². The number of nitrogens with zero attached hydrogens (tertiary/aromatic N) is 1. The highest BCUT2D eigenvalue weighted by Gasteiger charge is 2.49. The van der Waals surface area contributed by atoms with Crippen LogP contribution in [0.1, 0.15) is 32.1 Å². The standard InChI is InChI=1S/C14H21NO5/c16-13(12-8-19-5-6-20-12)15-10-4-2-1-3-9(10)7-11(15)14(17)18/h9-12H,1-8H2,(H,17,18)/t9-,10+,11-,12-/m0/s1. The molecule has 0 spiro atoms. The monoisotopic (exact) mass is 283 g/mol. The highest BCUT2D eigenvalue weighted by molar-refractivity contribution is 5.87. The Hall–Kier alpha value is -1.14. The van der Waals surface area contributed by atoms with E-state index in [4.69, 9.17) is 9.47 Å². The minimum absolute atomic E-state index is 0.0721. The summed E-state index contributed by atoms with van der Waals surface area (Å²) in [4.78, 5) is 25.7. The van der Waals surface area contributed by atoms with Crippen LogP contribution in [0.4, 0.5) is 0 Å². The third kappa shape index (κ3) is 2.42. The fourth-order valence-electron chi connectivity index (χ4n) is 3.79. The van der Waals surface area contributed by atoms with Gasteiger partial charge in [-0.3, -0.25) is 4.79 Å². The Morgan fingerprint density at radius 3 is 2.65 bits per heavy atom. The van der Waals surface area contributed by atoms with Gasteiger partial charge in [-0.2, -0.15) is 0 Å². The van der Waals surface area contributed by atoms with Crippen LogP contribution in [0.5, 0.6) is 0 Å². The highest BCUT2D eigenvalue weighted by atomic mass is 16.6. The van der Waals surface area contributed by atoms with Gasteiger partial charge in [-0.15, -0.1) is 0 Å². The SMILES string of the molecule is O=C(O)[C@@H]1C[C@@H]2CCCC[C@H]2N1C(=O)[C@@H]1COCCO1. The number of aliphatic carboxylic acids is 1. The molecule has 20 heavy (non-hydrogen) atoms. The third-order valence-electron chi connectivity index (χ3n) is 4.72. The quantitative estimate of drug-likeness (QED) is 0.805. The number of amides is 1. The van der Waals surface area contributed by atoms with Crippen molar-refractivity contribution in [1.29, 1.82) is 0 Å². The molecule has 3 rings (SSSR count). The molecule has 4 atom stereocenters. The predicted molar refractivity (Wildman–Crippen MR) is 69.2 cm³/mol. The zero-order valence-corrected chi connectivity index (χ0v) is 11.5. The second-order valence-electron chi connectivity index (χ2n) is 5.88. The highest BCUT2D eigenvalue weighted by Crippen LogP contribution is 2.40. The van der Waals surface area contributed by atoms with Gasteiger partial charge in [0.25, 0.3) is 5.91 Å². The molecule has 6 heteroatoms. The molecule has 2 saturated heterocycles. The Kier molecular flexibility index (Phi) is 3.94. The maximum absolute atomic E-state index is 12.6. The molecule has 0 radical (unpaired) electrons. The number of fused-ring (bicyclic) bond motifs is 1. The summed E-state index contributed by atoms with van der Waals surface area (Å²) in [5, 5.41) is 9.41. The molecule has 112 valence electrons. The lowest BCUT2D eigenvalue weighted by Crippen LogP contribution is -2.53. The molecule has 2 heterocycles.